The van der Waals surface area contributed by atoms with Gasteiger partial charge in [-0.1, -0.05) is 23.2 Å². The molecule has 9 heteroatoms. The lowest BCUT2D eigenvalue weighted by Crippen LogP contribution is -2.37. The van der Waals surface area contributed by atoms with Gasteiger partial charge in [0.1, 0.15) is 0 Å². The fourth-order valence-electron chi connectivity index (χ4n) is 2.65. The summed E-state index contributed by atoms with van der Waals surface area (Å²) in [7, 11) is -3.67. The minimum Gasteiger partial charge on any atom is -0.478 e. The molecule has 1 saturated heterocycles. The maximum atomic E-state index is 12.3. The van der Waals surface area contributed by atoms with E-state index in [1.807, 2.05) is 0 Å². The smallest absolute Gasteiger partial charge is 0.337 e. The number of hydrogen-bond donors (Lipinski definition) is 1. The van der Waals surface area contributed by atoms with E-state index >= 15 is 0 Å². The van der Waals surface area contributed by atoms with Gasteiger partial charge in [-0.3, -0.25) is 0 Å². The molecule has 1 aromatic carbocycles. The normalized spacial score (nSPS) is 22.2. The van der Waals surface area contributed by atoms with Crippen molar-refractivity contribution in [2.24, 2.45) is 0 Å². The predicted molar refractivity (Wildman–Crippen MR) is 73.7 cm³/mol. The largest absolute Gasteiger partial charge is 0.478 e. The molecule has 0 radical (unpaired) electrons. The predicted octanol–water partition coefficient (Wildman–Crippen LogP) is 2.07. The SMILES string of the molecule is O=C(O)c1cc(Cl)c2c(c1Cl)C1(CCS2(=O)=O)OCCO1. The molecule has 6 nitrogen and oxygen atoms in total. The molecule has 0 atom stereocenters. The second-order valence-corrected chi connectivity index (χ2v) is 7.58. The first kappa shape index (κ1) is 15.1. The van der Waals surface area contributed by atoms with Crippen molar-refractivity contribution in [1.82, 2.24) is 0 Å². The van der Waals surface area contributed by atoms with Crippen LogP contribution >= 0.6 is 23.2 Å². The second-order valence-electron chi connectivity index (χ2n) is 4.75. The molecule has 0 bridgehead atoms. The molecule has 0 aromatic heterocycles. The Bertz CT molecular complexity index is 737. The molecule has 21 heavy (non-hydrogen) atoms. The topological polar surface area (TPSA) is 89.9 Å². The van der Waals surface area contributed by atoms with Crippen molar-refractivity contribution in [2.45, 2.75) is 17.1 Å². The highest BCUT2D eigenvalue weighted by atomic mass is 35.5. The van der Waals surface area contributed by atoms with Gasteiger partial charge >= 0.3 is 5.97 Å². The van der Waals surface area contributed by atoms with Gasteiger partial charge in [-0.15, -0.1) is 0 Å². The van der Waals surface area contributed by atoms with E-state index in [-0.39, 0.29) is 51.5 Å². The molecule has 2 aliphatic heterocycles. The van der Waals surface area contributed by atoms with Crippen molar-refractivity contribution in [1.29, 1.82) is 0 Å². The summed E-state index contributed by atoms with van der Waals surface area (Å²) in [6, 6.07) is 1.04. The molecule has 1 aromatic rings. The first-order valence-electron chi connectivity index (χ1n) is 6.05. The first-order chi connectivity index (χ1) is 9.78. The summed E-state index contributed by atoms with van der Waals surface area (Å²) in [4.78, 5) is 11.0. The fraction of sp³-hybridized carbons (Fsp3) is 0.417. The highest BCUT2D eigenvalue weighted by Crippen LogP contribution is 2.49. The minimum atomic E-state index is -3.67. The van der Waals surface area contributed by atoms with Crippen molar-refractivity contribution in [3.05, 3.63) is 27.2 Å². The van der Waals surface area contributed by atoms with E-state index in [1.165, 1.54) is 0 Å². The summed E-state index contributed by atoms with van der Waals surface area (Å²) in [6.07, 6.45) is 0.0431. The Hall–Kier alpha value is -0.860. The van der Waals surface area contributed by atoms with Gasteiger partial charge in [0.2, 0.25) is 0 Å². The molecule has 1 spiro atoms. The van der Waals surface area contributed by atoms with Crippen LogP contribution in [0.1, 0.15) is 22.3 Å². The van der Waals surface area contributed by atoms with E-state index in [0.29, 0.717) is 0 Å². The van der Waals surface area contributed by atoms with Crippen molar-refractivity contribution >= 4 is 39.0 Å². The van der Waals surface area contributed by atoms with Gasteiger partial charge in [-0.05, 0) is 6.07 Å². The lowest BCUT2D eigenvalue weighted by atomic mass is 9.99. The van der Waals surface area contributed by atoms with E-state index in [2.05, 4.69) is 0 Å². The standard InChI is InChI=1S/C12H10Cl2O6S/c13-7-5-6(11(15)16)9(14)8-10(7)21(17,18)4-1-12(8)19-2-3-20-12/h5H,1-4H2,(H,15,16). The van der Waals surface area contributed by atoms with Crippen LogP contribution in [-0.4, -0.2) is 38.5 Å². The summed E-state index contributed by atoms with van der Waals surface area (Å²) in [5, 5.41) is 8.77. The average molecular weight is 353 g/mol. The van der Waals surface area contributed by atoms with E-state index in [0.717, 1.165) is 6.07 Å². The molecule has 2 aliphatic rings. The van der Waals surface area contributed by atoms with E-state index in [4.69, 9.17) is 32.7 Å². The number of carboxylic acid groups (broad SMARTS) is 1. The van der Waals surface area contributed by atoms with Crippen molar-refractivity contribution in [2.75, 3.05) is 19.0 Å². The minimum absolute atomic E-state index is 0.00202. The molecule has 1 N–H and O–H groups in total. The van der Waals surface area contributed by atoms with Crippen LogP contribution in [0, 0.1) is 0 Å². The number of hydrogen-bond acceptors (Lipinski definition) is 5. The van der Waals surface area contributed by atoms with Gasteiger partial charge in [0.15, 0.2) is 15.6 Å². The number of sulfone groups is 1. The molecule has 114 valence electrons. The Balaban J connectivity index is 2.40. The molecule has 3 rings (SSSR count). The van der Waals surface area contributed by atoms with Crippen LogP contribution in [0.15, 0.2) is 11.0 Å². The monoisotopic (exact) mass is 352 g/mol. The molecule has 1 fully saturated rings. The van der Waals surface area contributed by atoms with Crippen LogP contribution < -0.4 is 0 Å². The number of halogens is 2. The summed E-state index contributed by atoms with van der Waals surface area (Å²) in [6.45, 7) is 0.537. The third-order valence-electron chi connectivity index (χ3n) is 3.55. The van der Waals surface area contributed by atoms with Crippen LogP contribution in [-0.2, 0) is 25.1 Å². The van der Waals surface area contributed by atoms with Crippen LogP contribution in [0.5, 0.6) is 0 Å². The second kappa shape index (κ2) is 4.82. The van der Waals surface area contributed by atoms with Gasteiger partial charge in [0.25, 0.3) is 0 Å². The Morgan fingerprint density at radius 1 is 1.29 bits per heavy atom. The summed E-state index contributed by atoms with van der Waals surface area (Å²) >= 11 is 12.1. The Kier molecular flexibility index (Phi) is 3.46. The third-order valence-corrected chi connectivity index (χ3v) is 6.14. The van der Waals surface area contributed by atoms with Gasteiger partial charge in [-0.2, -0.15) is 0 Å². The fourth-order valence-corrected chi connectivity index (χ4v) is 5.30. The van der Waals surface area contributed by atoms with Crippen LogP contribution in [0.3, 0.4) is 0 Å². The summed E-state index contributed by atoms with van der Waals surface area (Å²) < 4.78 is 35.6. The molecular formula is C12H10Cl2O6S. The third kappa shape index (κ3) is 2.15. The van der Waals surface area contributed by atoms with Crippen LogP contribution in [0.2, 0.25) is 10.0 Å². The average Bonchev–Trinajstić information content (AvgIpc) is 2.86. The molecule has 0 amide bonds. The molecule has 0 unspecified atom stereocenters. The number of ether oxygens (including phenoxy) is 2. The molecular weight excluding hydrogens is 343 g/mol. The number of carbonyl (C=O) groups is 1. The first-order valence-corrected chi connectivity index (χ1v) is 8.46. The van der Waals surface area contributed by atoms with Crippen molar-refractivity contribution in [3.63, 3.8) is 0 Å². The van der Waals surface area contributed by atoms with Crippen molar-refractivity contribution in [3.8, 4) is 0 Å². The summed E-state index contributed by atoms with van der Waals surface area (Å²) in [5.74, 6) is -2.85. The van der Waals surface area contributed by atoms with Gasteiger partial charge in [0, 0.05) is 6.42 Å². The number of rotatable bonds is 1. The number of carboxylic acids is 1. The lowest BCUT2D eigenvalue weighted by Gasteiger charge is -2.34. The van der Waals surface area contributed by atoms with Gasteiger partial charge in [-0.25, -0.2) is 13.2 Å². The Labute approximate surface area is 130 Å². The van der Waals surface area contributed by atoms with E-state index < -0.39 is 21.6 Å². The number of benzene rings is 1. The van der Waals surface area contributed by atoms with Gasteiger partial charge < -0.3 is 14.6 Å². The number of aromatic carboxylic acids is 1. The maximum absolute atomic E-state index is 12.3. The van der Waals surface area contributed by atoms with E-state index in [1.54, 1.807) is 0 Å². The zero-order valence-corrected chi connectivity index (χ0v) is 12.9. The quantitative estimate of drug-likeness (QED) is 0.831. The van der Waals surface area contributed by atoms with Gasteiger partial charge in [0.05, 0.1) is 45.0 Å². The highest BCUT2D eigenvalue weighted by Gasteiger charge is 2.50. The Morgan fingerprint density at radius 2 is 1.90 bits per heavy atom. The maximum Gasteiger partial charge on any atom is 0.337 e. The zero-order valence-electron chi connectivity index (χ0n) is 10.6. The van der Waals surface area contributed by atoms with Crippen LogP contribution in [0.25, 0.3) is 0 Å². The molecule has 0 saturated carbocycles. The van der Waals surface area contributed by atoms with E-state index in [9.17, 15) is 18.3 Å². The summed E-state index contributed by atoms with van der Waals surface area (Å²) in [5.41, 5.74) is -0.284. The van der Waals surface area contributed by atoms with Crippen molar-refractivity contribution < 1.29 is 27.8 Å². The molecule has 0 aliphatic carbocycles. The highest BCUT2D eigenvalue weighted by molar-refractivity contribution is 7.91. The van der Waals surface area contributed by atoms with Crippen LogP contribution in [0.4, 0.5) is 0 Å². The Morgan fingerprint density at radius 3 is 2.48 bits per heavy atom. The zero-order chi connectivity index (χ0) is 15.4. The lowest BCUT2D eigenvalue weighted by molar-refractivity contribution is -0.170. The number of fused-ring (bicyclic) bond motifs is 2. The molecule has 2 heterocycles.